The first-order valence-electron chi connectivity index (χ1n) is 11.7. The van der Waals surface area contributed by atoms with E-state index < -0.39 is 18.0 Å². The van der Waals surface area contributed by atoms with Gasteiger partial charge in [0.1, 0.15) is 5.75 Å². The highest BCUT2D eigenvalue weighted by Crippen LogP contribution is 2.36. The van der Waals surface area contributed by atoms with Crippen LogP contribution < -0.4 is 15.4 Å². The molecule has 0 saturated heterocycles. The zero-order chi connectivity index (χ0) is 24.9. The lowest BCUT2D eigenvalue weighted by Gasteiger charge is -2.27. The number of carbonyl (C=O) groups is 2. The van der Waals surface area contributed by atoms with Gasteiger partial charge in [-0.1, -0.05) is 31.5 Å². The lowest BCUT2D eigenvalue weighted by Crippen LogP contribution is -2.45. The summed E-state index contributed by atoms with van der Waals surface area (Å²) in [6.07, 6.45) is 3.90. The number of carbonyl (C=O) groups excluding carboxylic acids is 2. The number of urea groups is 1. The summed E-state index contributed by atoms with van der Waals surface area (Å²) in [7, 11) is 1.32. The maximum atomic E-state index is 12.7. The zero-order valence-electron chi connectivity index (χ0n) is 20.4. The van der Waals surface area contributed by atoms with E-state index in [1.54, 1.807) is 11.6 Å². The van der Waals surface area contributed by atoms with Gasteiger partial charge in [0.2, 0.25) is 0 Å². The number of para-hydroxylation sites is 1. The molecule has 0 spiro atoms. The highest BCUT2D eigenvalue weighted by Gasteiger charge is 2.35. The van der Waals surface area contributed by atoms with Gasteiger partial charge in [-0.2, -0.15) is 5.10 Å². The smallest absolute Gasteiger partial charge is 0.337 e. The number of hydrogen-bond donors (Lipinski definition) is 2. The lowest BCUT2D eigenvalue weighted by atomic mass is 9.93. The van der Waals surface area contributed by atoms with Gasteiger partial charge in [0.25, 0.3) is 0 Å². The second-order valence-corrected chi connectivity index (χ2v) is 8.46. The van der Waals surface area contributed by atoms with Gasteiger partial charge in [-0.3, -0.25) is 0 Å². The summed E-state index contributed by atoms with van der Waals surface area (Å²) in [5.41, 5.74) is 4.80. The molecule has 0 aliphatic carbocycles. The van der Waals surface area contributed by atoms with Crippen molar-refractivity contribution in [2.75, 3.05) is 13.7 Å². The van der Waals surface area contributed by atoms with Gasteiger partial charge in [-0.25, -0.2) is 14.3 Å². The maximum absolute atomic E-state index is 12.7. The molecule has 1 aliphatic rings. The molecule has 3 aromatic rings. The van der Waals surface area contributed by atoms with Crippen LogP contribution in [0.2, 0.25) is 0 Å². The minimum absolute atomic E-state index is 0.331. The number of amides is 2. The van der Waals surface area contributed by atoms with E-state index in [0.29, 0.717) is 29.1 Å². The summed E-state index contributed by atoms with van der Waals surface area (Å²) in [5.74, 6) is 0.307. The Hall–Kier alpha value is -4.07. The molecule has 2 aromatic carbocycles. The molecule has 8 nitrogen and oxygen atoms in total. The molecule has 1 unspecified atom stereocenters. The number of nitrogens with zero attached hydrogens (tertiary/aromatic N) is 2. The summed E-state index contributed by atoms with van der Waals surface area (Å²) in [5, 5.41) is 10.4. The number of ether oxygens (including phenoxy) is 2. The Labute approximate surface area is 204 Å². The maximum Gasteiger partial charge on any atom is 0.337 e. The highest BCUT2D eigenvalue weighted by molar-refractivity contribution is 5.95. The van der Waals surface area contributed by atoms with Crippen molar-refractivity contribution >= 4 is 12.0 Å². The Kier molecular flexibility index (Phi) is 7.19. The molecule has 0 saturated carbocycles. The fourth-order valence-corrected chi connectivity index (χ4v) is 4.13. The predicted octanol–water partition coefficient (Wildman–Crippen LogP) is 4.83. The van der Waals surface area contributed by atoms with E-state index in [0.717, 1.165) is 35.4 Å². The first-order chi connectivity index (χ1) is 16.9. The Balaban J connectivity index is 1.84. The quantitative estimate of drug-likeness (QED) is 0.360. The van der Waals surface area contributed by atoms with Crippen molar-refractivity contribution in [2.45, 2.75) is 39.7 Å². The molecule has 2 heterocycles. The largest absolute Gasteiger partial charge is 0.493 e. The number of allylic oxidation sites excluding steroid dienone is 1. The van der Waals surface area contributed by atoms with E-state index in [-0.39, 0.29) is 0 Å². The van der Waals surface area contributed by atoms with Crippen LogP contribution in [0, 0.1) is 6.92 Å². The molecule has 0 radical (unpaired) electrons. The average molecular weight is 475 g/mol. The van der Waals surface area contributed by atoms with Gasteiger partial charge in [0.05, 0.1) is 36.7 Å². The second-order valence-electron chi connectivity index (χ2n) is 8.46. The van der Waals surface area contributed by atoms with Crippen LogP contribution in [0.3, 0.4) is 0 Å². The van der Waals surface area contributed by atoms with Crippen molar-refractivity contribution in [3.8, 4) is 22.7 Å². The van der Waals surface area contributed by atoms with Gasteiger partial charge in [-0.15, -0.1) is 0 Å². The van der Waals surface area contributed by atoms with Crippen molar-refractivity contribution in [1.82, 2.24) is 20.4 Å². The summed E-state index contributed by atoms with van der Waals surface area (Å²) >= 11 is 0. The molecular formula is C27H30N4O4. The SMILES string of the molecule is CCCCOc1ccc(-c2nn(-c3ccccc3)cc2C2NC(=O)NC(C)=C2C(=O)OC)cc1C. The molecule has 35 heavy (non-hydrogen) atoms. The van der Waals surface area contributed by atoms with Crippen LogP contribution in [-0.4, -0.2) is 35.5 Å². The number of methoxy groups -OCH3 is 1. The molecule has 1 aromatic heterocycles. The van der Waals surface area contributed by atoms with Crippen LogP contribution in [0.15, 0.2) is 66.0 Å². The Morgan fingerprint density at radius 2 is 1.91 bits per heavy atom. The number of benzene rings is 2. The summed E-state index contributed by atoms with van der Waals surface area (Å²) < 4.78 is 12.7. The topological polar surface area (TPSA) is 94.5 Å². The van der Waals surface area contributed by atoms with Crippen molar-refractivity contribution in [3.05, 3.63) is 77.1 Å². The molecule has 182 valence electrons. The Morgan fingerprint density at radius 3 is 2.60 bits per heavy atom. The number of rotatable bonds is 8. The second kappa shape index (κ2) is 10.5. The number of aromatic nitrogens is 2. The third kappa shape index (κ3) is 5.06. The molecule has 2 N–H and O–H groups in total. The number of esters is 1. The van der Waals surface area contributed by atoms with E-state index in [1.807, 2.05) is 61.7 Å². The van der Waals surface area contributed by atoms with Crippen LogP contribution in [0.1, 0.15) is 43.9 Å². The number of nitrogens with one attached hydrogen (secondary N) is 2. The first-order valence-corrected chi connectivity index (χ1v) is 11.7. The van der Waals surface area contributed by atoms with Crippen LogP contribution in [0.5, 0.6) is 5.75 Å². The standard InChI is InChI=1S/C27H30N4O4/c1-5-6-14-35-22-13-12-19(15-17(22)2)24-21(16-31(30-24)20-10-8-7-9-11-20)25-23(26(32)34-4)18(3)28-27(33)29-25/h7-13,15-16,25H,5-6,14H2,1-4H3,(H2,28,29,33). The fraction of sp³-hybridized carbons (Fsp3) is 0.296. The Bertz CT molecular complexity index is 1260. The lowest BCUT2D eigenvalue weighted by molar-refractivity contribution is -0.136. The summed E-state index contributed by atoms with van der Waals surface area (Å²) in [4.78, 5) is 25.1. The zero-order valence-corrected chi connectivity index (χ0v) is 20.4. The van der Waals surface area contributed by atoms with Crippen molar-refractivity contribution < 1.29 is 19.1 Å². The van der Waals surface area contributed by atoms with Gasteiger partial charge in [-0.05, 0) is 56.2 Å². The van der Waals surface area contributed by atoms with Gasteiger partial charge in [0.15, 0.2) is 0 Å². The van der Waals surface area contributed by atoms with Gasteiger partial charge in [0, 0.05) is 23.0 Å². The van der Waals surface area contributed by atoms with Crippen LogP contribution >= 0.6 is 0 Å². The first kappa shape index (κ1) is 24.1. The Morgan fingerprint density at radius 1 is 1.14 bits per heavy atom. The normalized spacial score (nSPS) is 15.4. The monoisotopic (exact) mass is 474 g/mol. The molecule has 1 aliphatic heterocycles. The van der Waals surface area contributed by atoms with Crippen molar-refractivity contribution in [2.24, 2.45) is 0 Å². The third-order valence-corrected chi connectivity index (χ3v) is 5.95. The number of unbranched alkanes of at least 4 members (excludes halogenated alkanes) is 1. The van der Waals surface area contributed by atoms with Crippen molar-refractivity contribution in [3.63, 3.8) is 0 Å². The average Bonchev–Trinajstić information content (AvgIpc) is 3.30. The molecule has 0 fully saturated rings. The molecule has 0 bridgehead atoms. The van der Waals surface area contributed by atoms with Crippen LogP contribution in [0.25, 0.3) is 16.9 Å². The molecule has 1 atom stereocenters. The van der Waals surface area contributed by atoms with Crippen LogP contribution in [0.4, 0.5) is 4.79 Å². The van der Waals surface area contributed by atoms with Gasteiger partial charge < -0.3 is 20.1 Å². The number of hydrogen-bond acceptors (Lipinski definition) is 5. The summed E-state index contributed by atoms with van der Waals surface area (Å²) in [6.45, 7) is 6.47. The highest BCUT2D eigenvalue weighted by atomic mass is 16.5. The minimum atomic E-state index is -0.732. The minimum Gasteiger partial charge on any atom is -0.493 e. The molecule has 8 heteroatoms. The van der Waals surface area contributed by atoms with E-state index in [1.165, 1.54) is 7.11 Å². The van der Waals surface area contributed by atoms with Gasteiger partial charge >= 0.3 is 12.0 Å². The summed E-state index contributed by atoms with van der Waals surface area (Å²) in [6, 6.07) is 14.5. The molecule has 2 amide bonds. The fourth-order valence-electron chi connectivity index (χ4n) is 4.13. The van der Waals surface area contributed by atoms with Crippen LogP contribution in [-0.2, 0) is 9.53 Å². The predicted molar refractivity (Wildman–Crippen MR) is 133 cm³/mol. The third-order valence-electron chi connectivity index (χ3n) is 5.95. The van der Waals surface area contributed by atoms with E-state index in [2.05, 4.69) is 17.6 Å². The van der Waals surface area contributed by atoms with E-state index in [4.69, 9.17) is 14.6 Å². The molecule has 4 rings (SSSR count). The molecular weight excluding hydrogens is 444 g/mol. The number of aryl methyl sites for hydroxylation is 1. The van der Waals surface area contributed by atoms with E-state index >= 15 is 0 Å². The van der Waals surface area contributed by atoms with Crippen molar-refractivity contribution in [1.29, 1.82) is 0 Å². The van der Waals surface area contributed by atoms with E-state index in [9.17, 15) is 9.59 Å².